The number of nitrogens with zero attached hydrogens (tertiary/aromatic N) is 11. The number of aromatic nitrogens is 7. The highest BCUT2D eigenvalue weighted by molar-refractivity contribution is 5.87. The van der Waals surface area contributed by atoms with Gasteiger partial charge in [-0.25, -0.2) is 19.7 Å². The number of ether oxygens (including phenoxy) is 1. The van der Waals surface area contributed by atoms with Crippen LogP contribution in [0.15, 0.2) is 128 Å². The Kier molecular flexibility index (Phi) is 12.2. The van der Waals surface area contributed by atoms with E-state index in [2.05, 4.69) is 62.2 Å². The molecule has 0 fully saturated rings. The zero-order valence-electron chi connectivity index (χ0n) is 33.7. The predicted octanol–water partition coefficient (Wildman–Crippen LogP) is 7.34. The molecule has 3 aromatic carbocycles. The van der Waals surface area contributed by atoms with E-state index in [-0.39, 0.29) is 5.91 Å². The summed E-state index contributed by atoms with van der Waals surface area (Å²) in [6, 6.07) is 30.2. The van der Waals surface area contributed by atoms with Gasteiger partial charge in [-0.05, 0) is 72.8 Å². The number of rotatable bonds is 10. The smallest absolute Gasteiger partial charge is 0.411 e. The lowest BCUT2D eigenvalue weighted by Gasteiger charge is -2.19. The van der Waals surface area contributed by atoms with Crippen molar-refractivity contribution in [1.82, 2.24) is 33.7 Å². The van der Waals surface area contributed by atoms with Crippen LogP contribution >= 0.6 is 0 Å². The SMILES string of the molecule is CC(=O)Nc1ccc(-c2cnc3cnc(CN(C)c4ccc(C#N)cc4)cn23)cn1.COC(=O)Nc1ccc(-c2cnc3cnc(CN(C)c4ccc(C#N)cc4)cn23)cc1. The quantitative estimate of drug-likeness (QED) is 0.140. The third-order valence-electron chi connectivity index (χ3n) is 9.55. The van der Waals surface area contributed by atoms with Gasteiger partial charge in [-0.2, -0.15) is 10.5 Å². The van der Waals surface area contributed by atoms with Crippen LogP contribution < -0.4 is 20.4 Å². The Labute approximate surface area is 351 Å². The number of carbonyl (C=O) groups is 2. The highest BCUT2D eigenvalue weighted by Crippen LogP contribution is 2.25. The summed E-state index contributed by atoms with van der Waals surface area (Å²) in [6.45, 7) is 2.64. The van der Waals surface area contributed by atoms with Crippen LogP contribution in [0.4, 0.5) is 27.7 Å². The minimum Gasteiger partial charge on any atom is -0.453 e. The number of nitrogens with one attached hydrogen (secondary N) is 2. The van der Waals surface area contributed by atoms with Crippen LogP contribution in [0.1, 0.15) is 29.4 Å². The molecule has 0 atom stereocenters. The first-order valence-corrected chi connectivity index (χ1v) is 18.9. The molecule has 0 unspecified atom stereocenters. The van der Waals surface area contributed by atoms with Gasteiger partial charge in [-0.3, -0.25) is 28.9 Å². The van der Waals surface area contributed by atoms with Crippen molar-refractivity contribution in [3.8, 4) is 34.7 Å². The number of amides is 2. The zero-order valence-corrected chi connectivity index (χ0v) is 33.7. The lowest BCUT2D eigenvalue weighted by atomic mass is 10.1. The van der Waals surface area contributed by atoms with Crippen molar-refractivity contribution < 1.29 is 14.3 Å². The molecule has 2 N–H and O–H groups in total. The molecule has 5 aromatic heterocycles. The lowest BCUT2D eigenvalue weighted by Crippen LogP contribution is -2.17. The van der Waals surface area contributed by atoms with Gasteiger partial charge in [0.15, 0.2) is 11.3 Å². The first-order valence-electron chi connectivity index (χ1n) is 18.9. The number of carbonyl (C=O) groups excluding carboxylic acids is 2. The van der Waals surface area contributed by atoms with Gasteiger partial charge in [0, 0.05) is 67.8 Å². The molecule has 0 radical (unpaired) electrons. The summed E-state index contributed by atoms with van der Waals surface area (Å²) in [5.74, 6) is 0.346. The van der Waals surface area contributed by atoms with Gasteiger partial charge < -0.3 is 19.9 Å². The van der Waals surface area contributed by atoms with Crippen molar-refractivity contribution in [3.05, 3.63) is 151 Å². The third kappa shape index (κ3) is 9.74. The van der Waals surface area contributed by atoms with Crippen molar-refractivity contribution in [1.29, 1.82) is 10.5 Å². The van der Waals surface area contributed by atoms with Gasteiger partial charge in [0.05, 0.1) is 91.0 Å². The molecular formula is C45H39N13O3. The highest BCUT2D eigenvalue weighted by Gasteiger charge is 2.12. The van der Waals surface area contributed by atoms with Crippen molar-refractivity contribution in [2.24, 2.45) is 0 Å². The summed E-state index contributed by atoms with van der Waals surface area (Å²) in [6.07, 6.45) is 12.2. The molecule has 16 nitrogen and oxygen atoms in total. The second-order valence-corrected chi connectivity index (χ2v) is 13.8. The number of methoxy groups -OCH3 is 1. The molecule has 0 aliphatic heterocycles. The maximum Gasteiger partial charge on any atom is 0.411 e. The van der Waals surface area contributed by atoms with E-state index >= 15 is 0 Å². The molecule has 8 rings (SSSR count). The Morgan fingerprint density at radius 2 is 1.11 bits per heavy atom. The van der Waals surface area contributed by atoms with Gasteiger partial charge >= 0.3 is 6.09 Å². The molecule has 2 amide bonds. The second-order valence-electron chi connectivity index (χ2n) is 13.8. The van der Waals surface area contributed by atoms with Gasteiger partial charge in [-0.1, -0.05) is 12.1 Å². The summed E-state index contributed by atoms with van der Waals surface area (Å²) in [7, 11) is 5.29. The second kappa shape index (κ2) is 18.3. The van der Waals surface area contributed by atoms with E-state index in [1.807, 2.05) is 89.9 Å². The van der Waals surface area contributed by atoms with Crippen LogP contribution in [0.25, 0.3) is 33.8 Å². The maximum absolute atomic E-state index is 11.4. The number of anilines is 4. The standard InChI is InChI=1S/C23H20N6O2.C22H19N7O/c1-28(20-9-3-16(11-24)4-10-20)14-19-15-29-21(12-26-22(29)13-25-19)17-5-7-18(8-6-17)27-23(30)31-2;1-15(30)27-21-8-5-17(10-25-21)20-11-26-22-12-24-18(14-29(20)22)13-28(2)19-6-3-16(9-23)4-7-19/h3-10,12-13,15H,14H2,1-2H3,(H,27,30);3-8,10-12,14H,13H2,1-2H3,(H,25,27,30). The highest BCUT2D eigenvalue weighted by atomic mass is 16.5. The average molecular weight is 810 g/mol. The Bertz CT molecular complexity index is 2890. The van der Waals surface area contributed by atoms with Crippen molar-refractivity contribution >= 4 is 46.2 Å². The number of fused-ring (bicyclic) bond motifs is 2. The molecule has 0 aliphatic rings. The van der Waals surface area contributed by atoms with Gasteiger partial charge in [0.2, 0.25) is 5.91 Å². The molecule has 0 saturated heterocycles. The van der Waals surface area contributed by atoms with Gasteiger partial charge in [-0.15, -0.1) is 0 Å². The third-order valence-corrected chi connectivity index (χ3v) is 9.55. The minimum absolute atomic E-state index is 0.160. The number of pyridine rings is 1. The fourth-order valence-corrected chi connectivity index (χ4v) is 6.39. The molecule has 5 heterocycles. The molecule has 16 heteroatoms. The molecule has 0 spiro atoms. The molecule has 302 valence electrons. The van der Waals surface area contributed by atoms with E-state index in [0.29, 0.717) is 35.7 Å². The van der Waals surface area contributed by atoms with Crippen LogP contribution in [0.5, 0.6) is 0 Å². The van der Waals surface area contributed by atoms with E-state index in [9.17, 15) is 9.59 Å². The minimum atomic E-state index is -0.510. The van der Waals surface area contributed by atoms with E-state index in [4.69, 9.17) is 10.5 Å². The van der Waals surface area contributed by atoms with Crippen LogP contribution in [0, 0.1) is 22.7 Å². The van der Waals surface area contributed by atoms with E-state index in [1.54, 1.807) is 61.3 Å². The molecule has 8 aromatic rings. The van der Waals surface area contributed by atoms with Crippen molar-refractivity contribution in [2.75, 3.05) is 41.6 Å². The van der Waals surface area contributed by atoms with Crippen LogP contribution in [-0.2, 0) is 22.6 Å². The topological polar surface area (TPSA) is 195 Å². The monoisotopic (exact) mass is 809 g/mol. The van der Waals surface area contributed by atoms with Gasteiger partial charge in [0.25, 0.3) is 0 Å². The number of hydrogen-bond donors (Lipinski definition) is 2. The first kappa shape index (κ1) is 40.6. The number of benzene rings is 3. The fourth-order valence-electron chi connectivity index (χ4n) is 6.39. The summed E-state index contributed by atoms with van der Waals surface area (Å²) in [4.78, 5) is 48.9. The Morgan fingerprint density at radius 3 is 1.56 bits per heavy atom. The van der Waals surface area contributed by atoms with Crippen molar-refractivity contribution in [3.63, 3.8) is 0 Å². The maximum atomic E-state index is 11.4. The van der Waals surface area contributed by atoms with E-state index in [1.165, 1.54) is 14.0 Å². The average Bonchev–Trinajstić information content (AvgIpc) is 3.91. The largest absolute Gasteiger partial charge is 0.453 e. The molecule has 0 bridgehead atoms. The predicted molar refractivity (Wildman–Crippen MR) is 232 cm³/mol. The lowest BCUT2D eigenvalue weighted by molar-refractivity contribution is -0.114. The number of hydrogen-bond acceptors (Lipinski definition) is 12. The fraction of sp³-hybridized carbons (Fsp3) is 0.133. The first-order chi connectivity index (χ1) is 29.6. The van der Waals surface area contributed by atoms with Crippen molar-refractivity contribution in [2.45, 2.75) is 20.0 Å². The Morgan fingerprint density at radius 1 is 0.623 bits per heavy atom. The summed E-state index contributed by atoms with van der Waals surface area (Å²) in [5, 5.41) is 23.2. The number of imidazole rings is 2. The number of nitriles is 2. The Balaban J connectivity index is 0.000000184. The van der Waals surface area contributed by atoms with Crippen LogP contribution in [0.3, 0.4) is 0 Å². The summed E-state index contributed by atoms with van der Waals surface area (Å²) < 4.78 is 8.59. The molecule has 0 aliphatic carbocycles. The Hall–Kier alpha value is -8.63. The molecule has 0 saturated carbocycles. The molecule has 61 heavy (non-hydrogen) atoms. The molecular weight excluding hydrogens is 771 g/mol. The van der Waals surface area contributed by atoms with E-state index < -0.39 is 6.09 Å². The van der Waals surface area contributed by atoms with E-state index in [0.717, 1.165) is 56.6 Å². The van der Waals surface area contributed by atoms with Crippen LogP contribution in [0.2, 0.25) is 0 Å². The summed E-state index contributed by atoms with van der Waals surface area (Å²) >= 11 is 0. The zero-order chi connectivity index (χ0) is 42.9. The summed E-state index contributed by atoms with van der Waals surface area (Å²) in [5.41, 5.74) is 10.8. The van der Waals surface area contributed by atoms with Crippen LogP contribution in [-0.4, -0.2) is 66.9 Å². The van der Waals surface area contributed by atoms with Gasteiger partial charge in [0.1, 0.15) is 5.82 Å². The normalized spacial score (nSPS) is 10.5.